The summed E-state index contributed by atoms with van der Waals surface area (Å²) >= 11 is 5.90. The van der Waals surface area contributed by atoms with E-state index in [1.807, 2.05) is 48.4 Å². The average molecular weight is 344 g/mol. The van der Waals surface area contributed by atoms with Crippen LogP contribution in [0.15, 0.2) is 49.1 Å². The van der Waals surface area contributed by atoms with Gasteiger partial charge in [0.1, 0.15) is 0 Å². The summed E-state index contributed by atoms with van der Waals surface area (Å²) in [4.78, 5) is 11.9. The van der Waals surface area contributed by atoms with Gasteiger partial charge in [0.15, 0.2) is 0 Å². The maximum absolute atomic E-state index is 11.9. The van der Waals surface area contributed by atoms with E-state index in [1.165, 1.54) is 0 Å². The number of benzene rings is 1. The second kappa shape index (κ2) is 7.31. The van der Waals surface area contributed by atoms with Crippen LogP contribution in [0.25, 0.3) is 11.1 Å². The summed E-state index contributed by atoms with van der Waals surface area (Å²) in [6, 6.07) is 7.64. The second-order valence-electron chi connectivity index (χ2n) is 5.55. The molecule has 1 aromatic carbocycles. The lowest BCUT2D eigenvalue weighted by Crippen LogP contribution is -2.12. The number of nitrogens with one attached hydrogen (secondary N) is 1. The highest BCUT2D eigenvalue weighted by atomic mass is 35.5. The van der Waals surface area contributed by atoms with Gasteiger partial charge in [-0.1, -0.05) is 23.7 Å². The minimum Gasteiger partial charge on any atom is -0.323 e. The molecule has 0 atom stereocenters. The third kappa shape index (κ3) is 4.23. The van der Waals surface area contributed by atoms with E-state index in [0.29, 0.717) is 30.1 Å². The molecular formula is C17H18ClN5O. The van der Waals surface area contributed by atoms with Crippen molar-refractivity contribution in [3.8, 4) is 11.1 Å². The van der Waals surface area contributed by atoms with Crippen LogP contribution in [0.4, 0.5) is 5.69 Å². The fourth-order valence-electron chi connectivity index (χ4n) is 2.39. The lowest BCUT2D eigenvalue weighted by molar-refractivity contribution is -0.116. The number of hydrogen-bond acceptors (Lipinski definition) is 3. The number of amides is 1. The van der Waals surface area contributed by atoms with Crippen LogP contribution >= 0.6 is 11.6 Å². The maximum Gasteiger partial charge on any atom is 0.224 e. The molecule has 0 radical (unpaired) electrons. The zero-order valence-electron chi connectivity index (χ0n) is 13.3. The molecule has 124 valence electrons. The third-order valence-corrected chi connectivity index (χ3v) is 3.84. The zero-order chi connectivity index (χ0) is 16.9. The minimum absolute atomic E-state index is 0.0203. The summed E-state index contributed by atoms with van der Waals surface area (Å²) in [6.07, 6.45) is 8.34. The molecule has 3 aromatic rings. The molecule has 3 rings (SSSR count). The summed E-state index contributed by atoms with van der Waals surface area (Å²) in [5.41, 5.74) is 2.82. The van der Waals surface area contributed by atoms with Crippen molar-refractivity contribution in [3.63, 3.8) is 0 Å². The predicted molar refractivity (Wildman–Crippen MR) is 93.7 cm³/mol. The standard InChI is InChI=1S/C17H18ClN5O/c1-22-12-16(10-19-22)21-17(24)3-2-8-23-11-14(9-20-23)13-4-6-15(18)7-5-13/h4-7,9-12H,2-3,8H2,1H3,(H,21,24). The molecule has 0 spiro atoms. The van der Waals surface area contributed by atoms with Crippen LogP contribution in [0, 0.1) is 0 Å². The molecule has 1 N–H and O–H groups in total. The van der Waals surface area contributed by atoms with Gasteiger partial charge < -0.3 is 5.32 Å². The summed E-state index contributed by atoms with van der Waals surface area (Å²) in [5, 5.41) is 11.9. The molecule has 1 amide bonds. The Morgan fingerprint density at radius 3 is 2.62 bits per heavy atom. The normalized spacial score (nSPS) is 10.8. The highest BCUT2D eigenvalue weighted by molar-refractivity contribution is 6.30. The number of rotatable bonds is 6. The first kappa shape index (κ1) is 16.3. The first-order valence-electron chi connectivity index (χ1n) is 7.67. The predicted octanol–water partition coefficient (Wildman–Crippen LogP) is 3.36. The van der Waals surface area contributed by atoms with Crippen LogP contribution in [0.3, 0.4) is 0 Å². The average Bonchev–Trinajstić information content (AvgIpc) is 3.17. The first-order valence-corrected chi connectivity index (χ1v) is 8.05. The van der Waals surface area contributed by atoms with Crippen molar-refractivity contribution in [1.29, 1.82) is 0 Å². The van der Waals surface area contributed by atoms with E-state index < -0.39 is 0 Å². The van der Waals surface area contributed by atoms with E-state index >= 15 is 0 Å². The minimum atomic E-state index is -0.0203. The lowest BCUT2D eigenvalue weighted by Gasteiger charge is -2.03. The lowest BCUT2D eigenvalue weighted by atomic mass is 10.1. The van der Waals surface area contributed by atoms with Crippen LogP contribution in [0.1, 0.15) is 12.8 Å². The number of anilines is 1. The number of aryl methyl sites for hydroxylation is 2. The molecule has 24 heavy (non-hydrogen) atoms. The van der Waals surface area contributed by atoms with Crippen molar-refractivity contribution in [2.24, 2.45) is 7.05 Å². The van der Waals surface area contributed by atoms with E-state index in [0.717, 1.165) is 11.1 Å². The van der Waals surface area contributed by atoms with E-state index in [2.05, 4.69) is 15.5 Å². The molecule has 0 aliphatic heterocycles. The fourth-order valence-corrected chi connectivity index (χ4v) is 2.51. The van der Waals surface area contributed by atoms with Gasteiger partial charge in [-0.3, -0.25) is 14.2 Å². The van der Waals surface area contributed by atoms with Crippen LogP contribution < -0.4 is 5.32 Å². The Morgan fingerprint density at radius 2 is 1.92 bits per heavy atom. The van der Waals surface area contributed by atoms with Gasteiger partial charge in [0, 0.05) is 43.0 Å². The Hall–Kier alpha value is -2.60. The largest absolute Gasteiger partial charge is 0.323 e. The van der Waals surface area contributed by atoms with E-state index in [1.54, 1.807) is 17.1 Å². The molecule has 0 fully saturated rings. The highest BCUT2D eigenvalue weighted by Gasteiger charge is 2.05. The van der Waals surface area contributed by atoms with Gasteiger partial charge >= 0.3 is 0 Å². The van der Waals surface area contributed by atoms with E-state index in [4.69, 9.17) is 11.6 Å². The topological polar surface area (TPSA) is 64.7 Å². The van der Waals surface area contributed by atoms with E-state index in [9.17, 15) is 4.79 Å². The molecule has 0 aliphatic carbocycles. The quantitative estimate of drug-likeness (QED) is 0.746. The number of aromatic nitrogens is 4. The number of hydrogen-bond donors (Lipinski definition) is 1. The number of carbonyl (C=O) groups is 1. The Morgan fingerprint density at radius 1 is 1.12 bits per heavy atom. The summed E-state index contributed by atoms with van der Waals surface area (Å²) < 4.78 is 3.50. The summed E-state index contributed by atoms with van der Waals surface area (Å²) in [7, 11) is 1.81. The Kier molecular flexibility index (Phi) is 4.96. The maximum atomic E-state index is 11.9. The van der Waals surface area contributed by atoms with Crippen LogP contribution in [0.2, 0.25) is 5.02 Å². The molecule has 0 saturated heterocycles. The van der Waals surface area contributed by atoms with Crippen molar-refractivity contribution in [2.75, 3.05) is 5.32 Å². The molecule has 7 heteroatoms. The Balaban J connectivity index is 1.48. The van der Waals surface area contributed by atoms with E-state index in [-0.39, 0.29) is 5.91 Å². The van der Waals surface area contributed by atoms with Crippen molar-refractivity contribution >= 4 is 23.2 Å². The van der Waals surface area contributed by atoms with Crippen LogP contribution in [0.5, 0.6) is 0 Å². The van der Waals surface area contributed by atoms with Crippen molar-refractivity contribution in [2.45, 2.75) is 19.4 Å². The molecule has 6 nitrogen and oxygen atoms in total. The summed E-state index contributed by atoms with van der Waals surface area (Å²) in [5.74, 6) is -0.0203. The van der Waals surface area contributed by atoms with Gasteiger partial charge in [0.25, 0.3) is 0 Å². The van der Waals surface area contributed by atoms with Gasteiger partial charge in [-0.25, -0.2) is 0 Å². The van der Waals surface area contributed by atoms with Gasteiger partial charge in [-0.2, -0.15) is 10.2 Å². The molecule has 0 aliphatic rings. The molecule has 2 heterocycles. The fraction of sp³-hybridized carbons (Fsp3) is 0.235. The number of carbonyl (C=O) groups excluding carboxylic acids is 1. The van der Waals surface area contributed by atoms with Gasteiger partial charge in [0.05, 0.1) is 18.1 Å². The summed E-state index contributed by atoms with van der Waals surface area (Å²) in [6.45, 7) is 0.689. The number of nitrogens with zero attached hydrogens (tertiary/aromatic N) is 4. The molecule has 0 saturated carbocycles. The van der Waals surface area contributed by atoms with Crippen molar-refractivity contribution in [3.05, 3.63) is 54.1 Å². The molecule has 2 aromatic heterocycles. The van der Waals surface area contributed by atoms with Gasteiger partial charge in [0.2, 0.25) is 5.91 Å². The highest BCUT2D eigenvalue weighted by Crippen LogP contribution is 2.20. The Labute approximate surface area is 145 Å². The second-order valence-corrected chi connectivity index (χ2v) is 5.99. The molecule has 0 unspecified atom stereocenters. The van der Waals surface area contributed by atoms with Crippen molar-refractivity contribution in [1.82, 2.24) is 19.6 Å². The molecule has 0 bridgehead atoms. The van der Waals surface area contributed by atoms with Crippen LogP contribution in [-0.2, 0) is 18.4 Å². The monoisotopic (exact) mass is 343 g/mol. The van der Waals surface area contributed by atoms with Gasteiger partial charge in [-0.05, 0) is 24.1 Å². The SMILES string of the molecule is Cn1cc(NC(=O)CCCn2cc(-c3ccc(Cl)cc3)cn2)cn1. The Bertz CT molecular complexity index is 822. The number of halogens is 1. The van der Waals surface area contributed by atoms with Gasteiger partial charge in [-0.15, -0.1) is 0 Å². The molecular weight excluding hydrogens is 326 g/mol. The zero-order valence-corrected chi connectivity index (χ0v) is 14.1. The van der Waals surface area contributed by atoms with Crippen LogP contribution in [-0.4, -0.2) is 25.5 Å². The third-order valence-electron chi connectivity index (χ3n) is 3.59. The first-order chi connectivity index (χ1) is 11.6. The smallest absolute Gasteiger partial charge is 0.224 e. The van der Waals surface area contributed by atoms with Crippen molar-refractivity contribution < 1.29 is 4.79 Å².